The molecule has 1 atom stereocenters. The summed E-state index contributed by atoms with van der Waals surface area (Å²) in [6, 6.07) is 0. The van der Waals surface area contributed by atoms with Crippen molar-refractivity contribution in [2.24, 2.45) is 7.05 Å². The Kier molecular flexibility index (Phi) is 2.29. The van der Waals surface area contributed by atoms with Gasteiger partial charge in [0, 0.05) is 25.4 Å². The number of hydrogen-bond donors (Lipinski definition) is 0. The highest BCUT2D eigenvalue weighted by molar-refractivity contribution is 5.18. The minimum atomic E-state index is 0.142. The molecule has 62 valence electrons. The molecule has 0 aliphatic heterocycles. The summed E-state index contributed by atoms with van der Waals surface area (Å²) >= 11 is 0. The zero-order chi connectivity index (χ0) is 8.43. The molecule has 0 aliphatic carbocycles. The Bertz CT molecular complexity index is 242. The Balaban J connectivity index is 2.94. The first-order valence-electron chi connectivity index (χ1n) is 3.68. The molecule has 0 aromatic carbocycles. The smallest absolute Gasteiger partial charge is 0.0826 e. The van der Waals surface area contributed by atoms with Gasteiger partial charge in [0.25, 0.3) is 0 Å². The van der Waals surface area contributed by atoms with Crippen molar-refractivity contribution in [3.05, 3.63) is 17.5 Å². The van der Waals surface area contributed by atoms with Crippen molar-refractivity contribution in [3.63, 3.8) is 0 Å². The summed E-state index contributed by atoms with van der Waals surface area (Å²) in [4.78, 5) is 0. The predicted molar refractivity (Wildman–Crippen MR) is 43.4 cm³/mol. The summed E-state index contributed by atoms with van der Waals surface area (Å²) in [5, 5.41) is 4.12. The second-order valence-electron chi connectivity index (χ2n) is 2.69. The van der Waals surface area contributed by atoms with E-state index in [1.165, 1.54) is 5.69 Å². The van der Waals surface area contributed by atoms with Crippen LogP contribution in [0.15, 0.2) is 6.20 Å². The van der Waals surface area contributed by atoms with Crippen LogP contribution in [0, 0.1) is 6.92 Å². The fraction of sp³-hybridized carbons (Fsp3) is 0.625. The maximum atomic E-state index is 5.18. The van der Waals surface area contributed by atoms with Gasteiger partial charge in [-0.1, -0.05) is 0 Å². The average Bonchev–Trinajstić information content (AvgIpc) is 2.32. The van der Waals surface area contributed by atoms with Crippen molar-refractivity contribution in [1.29, 1.82) is 0 Å². The molecular weight excluding hydrogens is 140 g/mol. The van der Waals surface area contributed by atoms with Crippen LogP contribution in [0.1, 0.15) is 24.3 Å². The molecule has 0 aliphatic rings. The van der Waals surface area contributed by atoms with Gasteiger partial charge in [0.2, 0.25) is 0 Å². The molecule has 1 rings (SSSR count). The summed E-state index contributed by atoms with van der Waals surface area (Å²) in [5.41, 5.74) is 2.33. The maximum absolute atomic E-state index is 5.18. The van der Waals surface area contributed by atoms with E-state index < -0.39 is 0 Å². The van der Waals surface area contributed by atoms with Crippen LogP contribution in [0.4, 0.5) is 0 Å². The van der Waals surface area contributed by atoms with Crippen molar-refractivity contribution < 1.29 is 4.74 Å². The molecule has 0 saturated heterocycles. The molecular formula is C8H14N2O. The molecule has 0 amide bonds. The molecule has 1 aromatic heterocycles. The molecule has 0 N–H and O–H groups in total. The standard InChI is InChI=1S/C8H14N2O/c1-6-8(7(2)11-4)5-9-10(6)3/h5,7H,1-4H3/t7-/m0/s1. The molecule has 1 aromatic rings. The van der Waals surface area contributed by atoms with Crippen molar-refractivity contribution >= 4 is 0 Å². The van der Waals surface area contributed by atoms with Gasteiger partial charge in [-0.2, -0.15) is 5.10 Å². The summed E-state index contributed by atoms with van der Waals surface area (Å²) < 4.78 is 7.03. The Morgan fingerprint density at radius 2 is 2.27 bits per heavy atom. The number of nitrogens with zero attached hydrogens (tertiary/aromatic N) is 2. The van der Waals surface area contributed by atoms with E-state index in [0.29, 0.717) is 0 Å². The largest absolute Gasteiger partial charge is 0.377 e. The number of hydrogen-bond acceptors (Lipinski definition) is 2. The highest BCUT2D eigenvalue weighted by atomic mass is 16.5. The molecule has 0 unspecified atom stereocenters. The van der Waals surface area contributed by atoms with Crippen LogP contribution in [0.2, 0.25) is 0 Å². The van der Waals surface area contributed by atoms with E-state index >= 15 is 0 Å². The van der Waals surface area contributed by atoms with E-state index in [1.54, 1.807) is 7.11 Å². The Morgan fingerprint density at radius 3 is 2.64 bits per heavy atom. The number of rotatable bonds is 2. The molecule has 1 heterocycles. The fourth-order valence-electron chi connectivity index (χ4n) is 1.04. The quantitative estimate of drug-likeness (QED) is 0.644. The molecule has 0 fully saturated rings. The van der Waals surface area contributed by atoms with Gasteiger partial charge in [-0.3, -0.25) is 4.68 Å². The molecule has 11 heavy (non-hydrogen) atoms. The number of aromatic nitrogens is 2. The predicted octanol–water partition coefficient (Wildman–Crippen LogP) is 1.44. The van der Waals surface area contributed by atoms with Gasteiger partial charge in [0.1, 0.15) is 0 Å². The van der Waals surface area contributed by atoms with Gasteiger partial charge in [-0.15, -0.1) is 0 Å². The second kappa shape index (κ2) is 3.05. The van der Waals surface area contributed by atoms with Crippen LogP contribution in [-0.4, -0.2) is 16.9 Å². The SMILES string of the molecule is CO[C@@H](C)c1cnn(C)c1C. The van der Waals surface area contributed by atoms with Crippen LogP contribution < -0.4 is 0 Å². The van der Waals surface area contributed by atoms with Crippen molar-refractivity contribution in [3.8, 4) is 0 Å². The highest BCUT2D eigenvalue weighted by Crippen LogP contribution is 2.18. The molecule has 0 saturated carbocycles. The van der Waals surface area contributed by atoms with Gasteiger partial charge < -0.3 is 4.74 Å². The van der Waals surface area contributed by atoms with Crippen LogP contribution in [0.3, 0.4) is 0 Å². The van der Waals surface area contributed by atoms with Gasteiger partial charge in [0.15, 0.2) is 0 Å². The molecule has 0 bridgehead atoms. The molecule has 3 nitrogen and oxygen atoms in total. The Morgan fingerprint density at radius 1 is 1.64 bits per heavy atom. The van der Waals surface area contributed by atoms with Crippen molar-refractivity contribution in [2.75, 3.05) is 7.11 Å². The van der Waals surface area contributed by atoms with Gasteiger partial charge in [0.05, 0.1) is 12.3 Å². The number of ether oxygens (including phenoxy) is 1. The third-order valence-electron chi connectivity index (χ3n) is 2.06. The lowest BCUT2D eigenvalue weighted by Crippen LogP contribution is -1.98. The summed E-state index contributed by atoms with van der Waals surface area (Å²) in [6.07, 6.45) is 1.99. The van der Waals surface area contributed by atoms with Gasteiger partial charge in [-0.05, 0) is 13.8 Å². The summed E-state index contributed by atoms with van der Waals surface area (Å²) in [6.45, 7) is 4.06. The van der Waals surface area contributed by atoms with Crippen LogP contribution in [0.25, 0.3) is 0 Å². The normalized spacial score (nSPS) is 13.5. The van der Waals surface area contributed by atoms with E-state index in [2.05, 4.69) is 5.10 Å². The fourth-order valence-corrected chi connectivity index (χ4v) is 1.04. The highest BCUT2D eigenvalue weighted by Gasteiger charge is 2.09. The third-order valence-corrected chi connectivity index (χ3v) is 2.06. The monoisotopic (exact) mass is 154 g/mol. The van der Waals surface area contributed by atoms with Gasteiger partial charge in [-0.25, -0.2) is 0 Å². The van der Waals surface area contributed by atoms with E-state index in [4.69, 9.17) is 4.74 Å². The minimum absolute atomic E-state index is 0.142. The minimum Gasteiger partial charge on any atom is -0.377 e. The van der Waals surface area contributed by atoms with E-state index in [0.717, 1.165) is 5.56 Å². The van der Waals surface area contributed by atoms with Crippen molar-refractivity contribution in [1.82, 2.24) is 9.78 Å². The lowest BCUT2D eigenvalue weighted by Gasteiger charge is -2.07. The first kappa shape index (κ1) is 8.27. The first-order valence-corrected chi connectivity index (χ1v) is 3.68. The summed E-state index contributed by atoms with van der Waals surface area (Å²) in [5.74, 6) is 0. The third kappa shape index (κ3) is 1.43. The van der Waals surface area contributed by atoms with Crippen LogP contribution >= 0.6 is 0 Å². The van der Waals surface area contributed by atoms with Gasteiger partial charge >= 0.3 is 0 Å². The van der Waals surface area contributed by atoms with Crippen molar-refractivity contribution in [2.45, 2.75) is 20.0 Å². The molecule has 3 heteroatoms. The number of aryl methyl sites for hydroxylation is 1. The second-order valence-corrected chi connectivity index (χ2v) is 2.69. The maximum Gasteiger partial charge on any atom is 0.0826 e. The van der Waals surface area contributed by atoms with Crippen LogP contribution in [0.5, 0.6) is 0 Å². The lowest BCUT2D eigenvalue weighted by molar-refractivity contribution is 0.119. The zero-order valence-corrected chi connectivity index (χ0v) is 7.46. The Hall–Kier alpha value is -0.830. The van der Waals surface area contributed by atoms with E-state index in [-0.39, 0.29) is 6.10 Å². The first-order chi connectivity index (χ1) is 5.16. The average molecular weight is 154 g/mol. The topological polar surface area (TPSA) is 27.1 Å². The Labute approximate surface area is 67.0 Å². The number of methoxy groups -OCH3 is 1. The zero-order valence-electron chi connectivity index (χ0n) is 7.46. The lowest BCUT2D eigenvalue weighted by atomic mass is 10.2. The van der Waals surface area contributed by atoms with E-state index in [1.807, 2.05) is 31.8 Å². The molecule has 0 spiro atoms. The van der Waals surface area contributed by atoms with Crippen LogP contribution in [-0.2, 0) is 11.8 Å². The molecule has 0 radical (unpaired) electrons. The van der Waals surface area contributed by atoms with E-state index in [9.17, 15) is 0 Å². The summed E-state index contributed by atoms with van der Waals surface area (Å²) in [7, 11) is 3.64.